The van der Waals surface area contributed by atoms with Crippen LogP contribution in [0.5, 0.6) is 0 Å². The maximum absolute atomic E-state index is 8.85. The van der Waals surface area contributed by atoms with Gasteiger partial charge >= 0.3 is 0 Å². The molecule has 0 spiro atoms. The van der Waals surface area contributed by atoms with E-state index < -0.39 is 0 Å². The second-order valence-corrected chi connectivity index (χ2v) is 2.57. The zero-order valence-corrected chi connectivity index (χ0v) is 6.62. The van der Waals surface area contributed by atoms with Gasteiger partial charge in [0.05, 0.1) is 13.2 Å². The topological polar surface area (TPSA) is 92.5 Å². The summed E-state index contributed by atoms with van der Waals surface area (Å²) in [7, 11) is 0. The van der Waals surface area contributed by atoms with Crippen LogP contribution in [0.25, 0.3) is 0 Å². The number of nitrogens with two attached hydrogens (primary N) is 2. The van der Waals surface area contributed by atoms with Crippen molar-refractivity contribution in [2.45, 2.75) is 13.2 Å². The van der Waals surface area contributed by atoms with Crippen LogP contribution in [0.2, 0.25) is 0 Å². The summed E-state index contributed by atoms with van der Waals surface area (Å²) < 4.78 is 0. The van der Waals surface area contributed by atoms with Crippen LogP contribution >= 0.6 is 0 Å². The third kappa shape index (κ3) is 1.49. The molecule has 1 aromatic carbocycles. The minimum atomic E-state index is -0.163. The van der Waals surface area contributed by atoms with Gasteiger partial charge in [0.2, 0.25) is 0 Å². The van der Waals surface area contributed by atoms with E-state index in [2.05, 4.69) is 0 Å². The zero-order valence-electron chi connectivity index (χ0n) is 6.62. The molecule has 4 heteroatoms. The van der Waals surface area contributed by atoms with E-state index >= 15 is 0 Å². The Bertz CT molecular complexity index is 261. The second kappa shape index (κ2) is 3.42. The number of hydrogen-bond acceptors (Lipinski definition) is 4. The van der Waals surface area contributed by atoms with Gasteiger partial charge in [0, 0.05) is 22.5 Å². The third-order valence-corrected chi connectivity index (χ3v) is 1.71. The Kier molecular flexibility index (Phi) is 2.52. The average molecular weight is 168 g/mol. The van der Waals surface area contributed by atoms with Crippen LogP contribution in [0.1, 0.15) is 11.1 Å². The lowest BCUT2D eigenvalue weighted by atomic mass is 10.1. The number of hydrogen-bond donors (Lipinski definition) is 4. The molecule has 4 nitrogen and oxygen atoms in total. The zero-order chi connectivity index (χ0) is 9.14. The lowest BCUT2D eigenvalue weighted by molar-refractivity contribution is 0.277. The van der Waals surface area contributed by atoms with Gasteiger partial charge in [-0.15, -0.1) is 0 Å². The van der Waals surface area contributed by atoms with Gasteiger partial charge in [-0.05, 0) is 12.1 Å². The van der Waals surface area contributed by atoms with Gasteiger partial charge in [0.25, 0.3) is 0 Å². The molecule has 12 heavy (non-hydrogen) atoms. The molecule has 0 bridgehead atoms. The van der Waals surface area contributed by atoms with Gasteiger partial charge in [-0.2, -0.15) is 0 Å². The van der Waals surface area contributed by atoms with Crippen LogP contribution in [-0.2, 0) is 13.2 Å². The minimum Gasteiger partial charge on any atom is -0.399 e. The van der Waals surface area contributed by atoms with Gasteiger partial charge in [-0.3, -0.25) is 0 Å². The number of rotatable bonds is 2. The molecule has 1 aromatic rings. The summed E-state index contributed by atoms with van der Waals surface area (Å²) in [4.78, 5) is 0. The van der Waals surface area contributed by atoms with E-state index in [1.807, 2.05) is 0 Å². The average Bonchev–Trinajstić information content (AvgIpc) is 2.08. The van der Waals surface area contributed by atoms with Crippen molar-refractivity contribution in [3.8, 4) is 0 Å². The summed E-state index contributed by atoms with van der Waals surface area (Å²) >= 11 is 0. The van der Waals surface area contributed by atoms with Crippen LogP contribution in [0, 0.1) is 0 Å². The Morgan fingerprint density at radius 3 is 1.75 bits per heavy atom. The summed E-state index contributed by atoms with van der Waals surface area (Å²) in [5.41, 5.74) is 13.1. The fourth-order valence-corrected chi connectivity index (χ4v) is 1.07. The summed E-state index contributed by atoms with van der Waals surface area (Å²) in [6.45, 7) is -0.326. The molecule has 0 saturated carbocycles. The molecule has 0 aliphatic heterocycles. The summed E-state index contributed by atoms with van der Waals surface area (Å²) in [6.07, 6.45) is 0. The fraction of sp³-hybridized carbons (Fsp3) is 0.250. The van der Waals surface area contributed by atoms with Crippen molar-refractivity contribution < 1.29 is 10.2 Å². The first-order valence-corrected chi connectivity index (χ1v) is 3.57. The Morgan fingerprint density at radius 1 is 1.00 bits per heavy atom. The molecular formula is C8H12N2O2. The summed E-state index contributed by atoms with van der Waals surface area (Å²) in [6, 6.07) is 3.18. The minimum absolute atomic E-state index is 0.163. The van der Waals surface area contributed by atoms with Crippen molar-refractivity contribution in [1.82, 2.24) is 0 Å². The molecule has 1 rings (SSSR count). The number of aliphatic hydroxyl groups is 2. The maximum Gasteiger partial charge on any atom is 0.0702 e. The Balaban J connectivity index is 3.22. The lowest BCUT2D eigenvalue weighted by Gasteiger charge is -2.08. The van der Waals surface area contributed by atoms with Crippen LogP contribution in [-0.4, -0.2) is 10.2 Å². The SMILES string of the molecule is Nc1cc(CO)c(N)c(CO)c1. The first kappa shape index (κ1) is 8.83. The molecule has 0 aromatic heterocycles. The smallest absolute Gasteiger partial charge is 0.0702 e. The van der Waals surface area contributed by atoms with Crippen LogP contribution < -0.4 is 11.5 Å². The molecule has 0 aliphatic rings. The highest BCUT2D eigenvalue weighted by Gasteiger charge is 2.04. The largest absolute Gasteiger partial charge is 0.399 e. The highest BCUT2D eigenvalue weighted by atomic mass is 16.3. The van der Waals surface area contributed by atoms with Crippen molar-refractivity contribution in [3.63, 3.8) is 0 Å². The number of nitrogen functional groups attached to an aromatic ring is 2. The third-order valence-electron chi connectivity index (χ3n) is 1.71. The Morgan fingerprint density at radius 2 is 1.42 bits per heavy atom. The maximum atomic E-state index is 8.85. The van der Waals surface area contributed by atoms with E-state index in [1.165, 1.54) is 0 Å². The molecule has 66 valence electrons. The van der Waals surface area contributed by atoms with E-state index in [9.17, 15) is 0 Å². The van der Waals surface area contributed by atoms with Gasteiger partial charge in [-0.25, -0.2) is 0 Å². The monoisotopic (exact) mass is 168 g/mol. The normalized spacial score (nSPS) is 10.2. The Hall–Kier alpha value is -1.26. The van der Waals surface area contributed by atoms with E-state index in [0.29, 0.717) is 22.5 Å². The lowest BCUT2D eigenvalue weighted by Crippen LogP contribution is -2.02. The molecule has 6 N–H and O–H groups in total. The van der Waals surface area contributed by atoms with Crippen molar-refractivity contribution in [2.75, 3.05) is 11.5 Å². The molecule has 0 amide bonds. The molecular weight excluding hydrogens is 156 g/mol. The van der Waals surface area contributed by atoms with Gasteiger partial charge in [0.1, 0.15) is 0 Å². The first-order valence-electron chi connectivity index (χ1n) is 3.57. The van der Waals surface area contributed by atoms with E-state index in [4.69, 9.17) is 21.7 Å². The Labute approximate surface area is 70.4 Å². The van der Waals surface area contributed by atoms with Crippen molar-refractivity contribution in [2.24, 2.45) is 0 Å². The molecule has 0 aliphatic carbocycles. The van der Waals surface area contributed by atoms with Crippen molar-refractivity contribution in [1.29, 1.82) is 0 Å². The van der Waals surface area contributed by atoms with Crippen LogP contribution in [0.4, 0.5) is 11.4 Å². The van der Waals surface area contributed by atoms with E-state index in [0.717, 1.165) is 0 Å². The highest BCUT2D eigenvalue weighted by molar-refractivity contribution is 5.60. The van der Waals surface area contributed by atoms with Gasteiger partial charge in [-0.1, -0.05) is 0 Å². The predicted molar refractivity (Wildman–Crippen MR) is 47.1 cm³/mol. The van der Waals surface area contributed by atoms with Gasteiger partial charge < -0.3 is 21.7 Å². The predicted octanol–water partition coefficient (Wildman–Crippen LogP) is -0.164. The second-order valence-electron chi connectivity index (χ2n) is 2.57. The summed E-state index contributed by atoms with van der Waals surface area (Å²) in [5, 5.41) is 17.7. The number of aliphatic hydroxyl groups excluding tert-OH is 2. The molecule has 0 radical (unpaired) electrons. The van der Waals surface area contributed by atoms with E-state index in [-0.39, 0.29) is 13.2 Å². The number of anilines is 2. The molecule has 0 saturated heterocycles. The molecule has 0 unspecified atom stereocenters. The van der Waals surface area contributed by atoms with Crippen molar-refractivity contribution >= 4 is 11.4 Å². The first-order chi connectivity index (χ1) is 5.69. The van der Waals surface area contributed by atoms with E-state index in [1.54, 1.807) is 12.1 Å². The highest BCUT2D eigenvalue weighted by Crippen LogP contribution is 2.21. The van der Waals surface area contributed by atoms with Crippen LogP contribution in [0.3, 0.4) is 0 Å². The number of benzene rings is 1. The fourth-order valence-electron chi connectivity index (χ4n) is 1.07. The van der Waals surface area contributed by atoms with Crippen molar-refractivity contribution in [3.05, 3.63) is 23.3 Å². The molecule has 0 atom stereocenters. The standard InChI is InChI=1S/C8H12N2O2/c9-7-1-5(3-11)8(10)6(2-7)4-12/h1-2,11-12H,3-4,9-10H2. The van der Waals surface area contributed by atoms with Crippen LogP contribution in [0.15, 0.2) is 12.1 Å². The van der Waals surface area contributed by atoms with Gasteiger partial charge in [0.15, 0.2) is 0 Å². The quantitative estimate of drug-likeness (QED) is 0.461. The molecule has 0 heterocycles. The summed E-state index contributed by atoms with van der Waals surface area (Å²) in [5.74, 6) is 0. The molecule has 0 fully saturated rings.